The second kappa shape index (κ2) is 10.7. The minimum Gasteiger partial charge on any atom is -0.478 e. The van der Waals surface area contributed by atoms with Crippen LogP contribution in [0.25, 0.3) is 0 Å². The molecule has 1 saturated heterocycles. The Balaban J connectivity index is 1.84. The maximum atomic E-state index is 15.6. The van der Waals surface area contributed by atoms with Gasteiger partial charge >= 0.3 is 5.97 Å². The van der Waals surface area contributed by atoms with E-state index in [0.29, 0.717) is 22.7 Å². The zero-order valence-corrected chi connectivity index (χ0v) is 22.8. The molecule has 3 aromatic rings. The lowest BCUT2D eigenvalue weighted by atomic mass is 9.68. The van der Waals surface area contributed by atoms with Crippen molar-refractivity contribution in [3.63, 3.8) is 0 Å². The van der Waals surface area contributed by atoms with E-state index in [4.69, 9.17) is 28.9 Å². The van der Waals surface area contributed by atoms with E-state index in [1.165, 1.54) is 30.3 Å². The van der Waals surface area contributed by atoms with Crippen LogP contribution in [0.4, 0.5) is 10.1 Å². The Morgan fingerprint density at radius 3 is 2.26 bits per heavy atom. The Morgan fingerprint density at radius 1 is 1.05 bits per heavy atom. The molecule has 1 aliphatic rings. The minimum absolute atomic E-state index is 0.0661. The second-order valence-electron chi connectivity index (χ2n) is 10.9. The smallest absolute Gasteiger partial charge is 0.335 e. The number of carbonyl (C=O) groups excluding carboxylic acids is 1. The molecule has 0 saturated carbocycles. The van der Waals surface area contributed by atoms with Crippen LogP contribution in [0, 0.1) is 11.2 Å². The van der Waals surface area contributed by atoms with Gasteiger partial charge in [0.2, 0.25) is 5.91 Å². The van der Waals surface area contributed by atoms with E-state index in [1.54, 1.807) is 36.4 Å². The zero-order chi connectivity index (χ0) is 27.8. The molecule has 4 atom stereocenters. The van der Waals surface area contributed by atoms with Crippen molar-refractivity contribution in [2.75, 3.05) is 5.32 Å². The second-order valence-corrected chi connectivity index (χ2v) is 11.7. The SMILES string of the molecule is CC(C)(C)C[C@@H]1N[C@@H](C(=O)Nc2ccc(C(=O)O)cc2)[C@H](c2cccc(Cl)c2F)[C@@]1(N)c1ccc(Cl)cc1. The molecule has 200 valence electrons. The average Bonchev–Trinajstić information content (AvgIpc) is 3.13. The van der Waals surface area contributed by atoms with E-state index < -0.39 is 41.2 Å². The van der Waals surface area contributed by atoms with Crippen molar-refractivity contribution in [1.29, 1.82) is 0 Å². The number of hydrogen-bond donors (Lipinski definition) is 4. The summed E-state index contributed by atoms with van der Waals surface area (Å²) in [5, 5.41) is 15.9. The summed E-state index contributed by atoms with van der Waals surface area (Å²) in [6.45, 7) is 6.22. The molecule has 4 rings (SSSR count). The number of nitrogens with two attached hydrogens (primary N) is 1. The van der Waals surface area contributed by atoms with Crippen LogP contribution in [0.3, 0.4) is 0 Å². The molecular weight excluding hydrogens is 528 g/mol. The van der Waals surface area contributed by atoms with Gasteiger partial charge in [0.25, 0.3) is 0 Å². The largest absolute Gasteiger partial charge is 0.478 e. The molecule has 0 bridgehead atoms. The first kappa shape index (κ1) is 28.0. The molecular formula is C29H30Cl2FN3O3. The van der Waals surface area contributed by atoms with Gasteiger partial charge in [0.05, 0.1) is 22.2 Å². The minimum atomic E-state index is -1.21. The lowest BCUT2D eigenvalue weighted by molar-refractivity contribution is -0.118. The first-order chi connectivity index (χ1) is 17.8. The van der Waals surface area contributed by atoms with Crippen molar-refractivity contribution >= 4 is 40.8 Å². The highest BCUT2D eigenvalue weighted by atomic mass is 35.5. The molecule has 0 unspecified atom stereocenters. The molecule has 0 spiro atoms. The number of carboxylic acids is 1. The molecule has 5 N–H and O–H groups in total. The number of aromatic carboxylic acids is 1. The van der Waals surface area contributed by atoms with E-state index in [0.717, 1.165) is 0 Å². The highest BCUT2D eigenvalue weighted by Gasteiger charge is 2.57. The molecule has 1 heterocycles. The summed E-state index contributed by atoms with van der Waals surface area (Å²) >= 11 is 12.4. The Bertz CT molecular complexity index is 1340. The Kier molecular flexibility index (Phi) is 7.86. The molecule has 38 heavy (non-hydrogen) atoms. The van der Waals surface area contributed by atoms with Crippen molar-refractivity contribution in [3.05, 3.63) is 99.3 Å². The predicted octanol–water partition coefficient (Wildman–Crippen LogP) is 6.18. The first-order valence-electron chi connectivity index (χ1n) is 12.2. The Labute approximate surface area is 231 Å². The van der Waals surface area contributed by atoms with Crippen LogP contribution in [0.2, 0.25) is 10.0 Å². The molecule has 1 amide bonds. The molecule has 1 aliphatic heterocycles. The Morgan fingerprint density at radius 2 is 1.68 bits per heavy atom. The standard InChI is InChI=1S/C29H30Cl2FN3O3/c1-28(2,3)15-22-29(33,17-9-11-18(30)12-10-17)23(20-5-4-6-21(31)24(20)32)25(35-22)26(36)34-19-13-7-16(8-14-19)27(37)38/h4-14,22-23,25,35H,15,33H2,1-3H3,(H,34,36)(H,37,38)/t22-,23-,25+,29+/m0/s1. The molecule has 0 radical (unpaired) electrons. The molecule has 0 aliphatic carbocycles. The van der Waals surface area contributed by atoms with Crippen molar-refractivity contribution < 1.29 is 19.1 Å². The Hall–Kier alpha value is -2.97. The van der Waals surface area contributed by atoms with Crippen LogP contribution < -0.4 is 16.4 Å². The highest BCUT2D eigenvalue weighted by Crippen LogP contribution is 2.49. The number of benzene rings is 3. The van der Waals surface area contributed by atoms with Gasteiger partial charge in [0, 0.05) is 22.7 Å². The maximum absolute atomic E-state index is 15.6. The van der Waals surface area contributed by atoms with Crippen LogP contribution in [-0.2, 0) is 10.3 Å². The van der Waals surface area contributed by atoms with Gasteiger partial charge in [-0.3, -0.25) is 4.79 Å². The van der Waals surface area contributed by atoms with Gasteiger partial charge in [-0.05, 0) is 65.4 Å². The van der Waals surface area contributed by atoms with Crippen molar-refractivity contribution in [3.8, 4) is 0 Å². The quantitative estimate of drug-likeness (QED) is 0.289. The van der Waals surface area contributed by atoms with Gasteiger partial charge in [-0.2, -0.15) is 0 Å². The fourth-order valence-corrected chi connectivity index (χ4v) is 5.55. The molecule has 3 aromatic carbocycles. The van der Waals surface area contributed by atoms with Crippen LogP contribution in [0.5, 0.6) is 0 Å². The summed E-state index contributed by atoms with van der Waals surface area (Å²) in [5.41, 5.74) is 7.33. The summed E-state index contributed by atoms with van der Waals surface area (Å²) in [6, 6.07) is 16.2. The van der Waals surface area contributed by atoms with E-state index in [9.17, 15) is 14.7 Å². The van der Waals surface area contributed by atoms with Gasteiger partial charge in [-0.15, -0.1) is 0 Å². The fourth-order valence-electron chi connectivity index (χ4n) is 5.24. The summed E-state index contributed by atoms with van der Waals surface area (Å²) < 4.78 is 15.6. The third-order valence-electron chi connectivity index (χ3n) is 6.96. The molecule has 0 aromatic heterocycles. The van der Waals surface area contributed by atoms with Gasteiger partial charge in [-0.1, -0.05) is 68.2 Å². The first-order valence-corrected chi connectivity index (χ1v) is 13.0. The van der Waals surface area contributed by atoms with Gasteiger partial charge in [0.15, 0.2) is 0 Å². The lowest BCUT2D eigenvalue weighted by Crippen LogP contribution is -2.52. The highest BCUT2D eigenvalue weighted by molar-refractivity contribution is 6.31. The average molecular weight is 558 g/mol. The number of carbonyl (C=O) groups is 2. The summed E-state index contributed by atoms with van der Waals surface area (Å²) in [6.07, 6.45) is 0.585. The third kappa shape index (κ3) is 5.57. The van der Waals surface area contributed by atoms with Crippen LogP contribution in [0.1, 0.15) is 54.6 Å². The number of halogens is 3. The van der Waals surface area contributed by atoms with Crippen molar-refractivity contribution in [2.24, 2.45) is 11.1 Å². The zero-order valence-electron chi connectivity index (χ0n) is 21.3. The number of rotatable bonds is 6. The van der Waals surface area contributed by atoms with Gasteiger partial charge in [-0.25, -0.2) is 9.18 Å². The molecule has 1 fully saturated rings. The van der Waals surface area contributed by atoms with Crippen LogP contribution >= 0.6 is 23.2 Å². The van der Waals surface area contributed by atoms with E-state index in [2.05, 4.69) is 31.4 Å². The molecule has 9 heteroatoms. The number of hydrogen-bond acceptors (Lipinski definition) is 4. The van der Waals surface area contributed by atoms with Crippen LogP contribution in [-0.4, -0.2) is 29.1 Å². The van der Waals surface area contributed by atoms with E-state index in [1.807, 2.05) is 0 Å². The lowest BCUT2D eigenvalue weighted by Gasteiger charge is -2.39. The monoisotopic (exact) mass is 557 g/mol. The molecule has 6 nitrogen and oxygen atoms in total. The number of amides is 1. The number of nitrogens with one attached hydrogen (secondary N) is 2. The number of anilines is 1. The van der Waals surface area contributed by atoms with Crippen LogP contribution in [0.15, 0.2) is 66.7 Å². The van der Waals surface area contributed by atoms with Gasteiger partial charge in [0.1, 0.15) is 5.82 Å². The summed E-state index contributed by atoms with van der Waals surface area (Å²) in [5.74, 6) is -2.98. The summed E-state index contributed by atoms with van der Waals surface area (Å²) in [4.78, 5) is 25.0. The van der Waals surface area contributed by atoms with Crippen molar-refractivity contribution in [2.45, 2.75) is 50.7 Å². The topological polar surface area (TPSA) is 104 Å². The predicted molar refractivity (Wildman–Crippen MR) is 148 cm³/mol. The van der Waals surface area contributed by atoms with E-state index in [-0.39, 0.29) is 21.6 Å². The maximum Gasteiger partial charge on any atom is 0.335 e. The summed E-state index contributed by atoms with van der Waals surface area (Å²) in [7, 11) is 0. The van der Waals surface area contributed by atoms with Crippen molar-refractivity contribution in [1.82, 2.24) is 5.32 Å². The van der Waals surface area contributed by atoms with E-state index >= 15 is 4.39 Å². The number of carboxylic acid groups (broad SMARTS) is 1. The van der Waals surface area contributed by atoms with Gasteiger partial charge < -0.3 is 21.5 Å². The third-order valence-corrected chi connectivity index (χ3v) is 7.51. The normalized spacial score (nSPS) is 23.3. The fraction of sp³-hybridized carbons (Fsp3) is 0.310.